The Balaban J connectivity index is 1.87. The van der Waals surface area contributed by atoms with Gasteiger partial charge in [-0.3, -0.25) is 0 Å². The van der Waals surface area contributed by atoms with Crippen LogP contribution in [0.2, 0.25) is 0 Å². The van der Waals surface area contributed by atoms with E-state index in [4.69, 9.17) is 9.97 Å². The summed E-state index contributed by atoms with van der Waals surface area (Å²) in [7, 11) is 2.03. The first-order valence-electron chi connectivity index (χ1n) is 7.74. The summed E-state index contributed by atoms with van der Waals surface area (Å²) in [4.78, 5) is 9.69. The molecule has 2 fully saturated rings. The summed E-state index contributed by atoms with van der Waals surface area (Å²) in [5, 5.41) is 3.31. The van der Waals surface area contributed by atoms with Gasteiger partial charge in [-0.05, 0) is 45.7 Å². The van der Waals surface area contributed by atoms with Crippen molar-refractivity contribution in [3.8, 4) is 0 Å². The smallest absolute Gasteiger partial charge is 0.136 e. The normalized spacial score (nSPS) is 22.4. The lowest BCUT2D eigenvalue weighted by Gasteiger charge is -2.23. The summed E-state index contributed by atoms with van der Waals surface area (Å²) in [5.41, 5.74) is 2.70. The zero-order valence-electron chi connectivity index (χ0n) is 12.2. The third-order valence-electron chi connectivity index (χ3n) is 4.74. The van der Waals surface area contributed by atoms with Crippen molar-refractivity contribution in [2.24, 2.45) is 0 Å². The molecule has 0 atom stereocenters. The van der Waals surface area contributed by atoms with Gasteiger partial charge in [-0.25, -0.2) is 9.97 Å². The lowest BCUT2D eigenvalue weighted by atomic mass is 9.86. The Bertz CT molecular complexity index is 445. The highest BCUT2D eigenvalue weighted by Crippen LogP contribution is 2.46. The van der Waals surface area contributed by atoms with Gasteiger partial charge >= 0.3 is 0 Å². The minimum atomic E-state index is 0.240. The van der Waals surface area contributed by atoms with Crippen LogP contribution in [0.15, 0.2) is 6.07 Å². The van der Waals surface area contributed by atoms with E-state index in [1.54, 1.807) is 0 Å². The van der Waals surface area contributed by atoms with Gasteiger partial charge in [0, 0.05) is 29.3 Å². The van der Waals surface area contributed by atoms with Crippen LogP contribution in [0.4, 0.5) is 0 Å². The zero-order chi connectivity index (χ0) is 13.3. The van der Waals surface area contributed by atoms with Crippen molar-refractivity contribution in [2.45, 2.75) is 63.2 Å². The first kappa shape index (κ1) is 13.0. The van der Waals surface area contributed by atoms with Gasteiger partial charge < -0.3 is 5.32 Å². The molecule has 0 bridgehead atoms. The van der Waals surface area contributed by atoms with Gasteiger partial charge in [-0.15, -0.1) is 0 Å². The molecular formula is C16H25N3. The summed E-state index contributed by atoms with van der Waals surface area (Å²) < 4.78 is 0. The fraction of sp³-hybridized carbons (Fsp3) is 0.750. The third kappa shape index (κ3) is 2.66. The van der Waals surface area contributed by atoms with Crippen molar-refractivity contribution in [3.05, 3.63) is 23.3 Å². The Morgan fingerprint density at radius 2 is 1.95 bits per heavy atom. The van der Waals surface area contributed by atoms with E-state index in [1.807, 2.05) is 7.05 Å². The second-order valence-corrected chi connectivity index (χ2v) is 6.40. The number of hydrogen-bond donors (Lipinski definition) is 1. The quantitative estimate of drug-likeness (QED) is 0.903. The molecule has 19 heavy (non-hydrogen) atoms. The van der Waals surface area contributed by atoms with E-state index in [-0.39, 0.29) is 5.41 Å². The number of hydrogen-bond acceptors (Lipinski definition) is 3. The van der Waals surface area contributed by atoms with Gasteiger partial charge in [-0.1, -0.05) is 19.3 Å². The maximum atomic E-state index is 4.96. The molecule has 0 amide bonds. The average molecular weight is 259 g/mol. The molecule has 0 radical (unpaired) electrons. The molecule has 0 aliphatic heterocycles. The highest BCUT2D eigenvalue weighted by molar-refractivity contribution is 5.24. The van der Waals surface area contributed by atoms with Crippen LogP contribution in [0.25, 0.3) is 0 Å². The highest BCUT2D eigenvalue weighted by Gasteiger charge is 2.46. The van der Waals surface area contributed by atoms with Crippen LogP contribution in [0.3, 0.4) is 0 Å². The Morgan fingerprint density at radius 1 is 1.21 bits per heavy atom. The molecule has 2 aliphatic rings. The maximum Gasteiger partial charge on any atom is 0.136 e. The van der Waals surface area contributed by atoms with E-state index in [0.29, 0.717) is 5.92 Å². The number of aromatic nitrogens is 2. The second-order valence-electron chi connectivity index (χ2n) is 6.40. The van der Waals surface area contributed by atoms with E-state index in [2.05, 4.69) is 18.3 Å². The standard InChI is InChI=1S/C16H25N3/c1-12-10-14(13-6-4-3-5-7-13)19-15(18-12)16(8-9-16)11-17-2/h10,13,17H,3-9,11H2,1-2H3. The summed E-state index contributed by atoms with van der Waals surface area (Å²) in [5.74, 6) is 1.78. The summed E-state index contributed by atoms with van der Waals surface area (Å²) in [6, 6.07) is 2.22. The Hall–Kier alpha value is -0.960. The van der Waals surface area contributed by atoms with Gasteiger partial charge in [0.15, 0.2) is 0 Å². The molecule has 3 rings (SSSR count). The van der Waals surface area contributed by atoms with E-state index in [0.717, 1.165) is 18.1 Å². The van der Waals surface area contributed by atoms with E-state index < -0.39 is 0 Å². The number of nitrogens with zero attached hydrogens (tertiary/aromatic N) is 2. The summed E-state index contributed by atoms with van der Waals surface area (Å²) in [6.45, 7) is 3.13. The van der Waals surface area contributed by atoms with Gasteiger partial charge in [0.2, 0.25) is 0 Å². The lowest BCUT2D eigenvalue weighted by molar-refractivity contribution is 0.432. The Kier molecular flexibility index (Phi) is 3.57. The molecular weight excluding hydrogens is 234 g/mol. The molecule has 0 spiro atoms. The molecule has 0 unspecified atom stereocenters. The summed E-state index contributed by atoms with van der Waals surface area (Å²) in [6.07, 6.45) is 9.24. The number of likely N-dealkylation sites (N-methyl/N-ethyl adjacent to an activating group) is 1. The molecule has 3 nitrogen and oxygen atoms in total. The van der Waals surface area contributed by atoms with Crippen LogP contribution in [0.1, 0.15) is 68.1 Å². The van der Waals surface area contributed by atoms with Crippen molar-refractivity contribution in [1.82, 2.24) is 15.3 Å². The number of rotatable bonds is 4. The molecule has 0 saturated heterocycles. The van der Waals surface area contributed by atoms with Gasteiger partial charge in [0.05, 0.1) is 0 Å². The largest absolute Gasteiger partial charge is 0.319 e. The topological polar surface area (TPSA) is 37.8 Å². The Labute approximate surface area is 116 Å². The van der Waals surface area contributed by atoms with Crippen molar-refractivity contribution in [1.29, 1.82) is 0 Å². The molecule has 2 saturated carbocycles. The summed E-state index contributed by atoms with van der Waals surface area (Å²) >= 11 is 0. The molecule has 1 aromatic rings. The van der Waals surface area contributed by atoms with Crippen LogP contribution in [-0.4, -0.2) is 23.6 Å². The average Bonchev–Trinajstić information content (AvgIpc) is 3.21. The van der Waals surface area contributed by atoms with Crippen LogP contribution in [-0.2, 0) is 5.41 Å². The SMILES string of the molecule is CNCC1(c2nc(C)cc(C3CCCCC3)n2)CC1. The highest BCUT2D eigenvalue weighted by atomic mass is 15.0. The molecule has 1 N–H and O–H groups in total. The van der Waals surface area contributed by atoms with E-state index in [9.17, 15) is 0 Å². The van der Waals surface area contributed by atoms with Gasteiger partial charge in [-0.2, -0.15) is 0 Å². The van der Waals surface area contributed by atoms with Crippen LogP contribution >= 0.6 is 0 Å². The van der Waals surface area contributed by atoms with Crippen molar-refractivity contribution >= 4 is 0 Å². The molecule has 3 heteroatoms. The second kappa shape index (κ2) is 5.20. The van der Waals surface area contributed by atoms with E-state index in [1.165, 1.54) is 50.6 Å². The minimum absolute atomic E-state index is 0.240. The van der Waals surface area contributed by atoms with Crippen LogP contribution in [0, 0.1) is 6.92 Å². The first-order chi connectivity index (χ1) is 9.23. The first-order valence-corrected chi connectivity index (χ1v) is 7.74. The molecule has 1 aromatic heterocycles. The molecule has 1 heterocycles. The lowest BCUT2D eigenvalue weighted by Crippen LogP contribution is -2.26. The Morgan fingerprint density at radius 3 is 2.58 bits per heavy atom. The minimum Gasteiger partial charge on any atom is -0.319 e. The van der Waals surface area contributed by atoms with Gasteiger partial charge in [0.25, 0.3) is 0 Å². The number of aryl methyl sites for hydroxylation is 1. The van der Waals surface area contributed by atoms with Crippen LogP contribution < -0.4 is 5.32 Å². The van der Waals surface area contributed by atoms with Crippen LogP contribution in [0.5, 0.6) is 0 Å². The predicted octanol–water partition coefficient (Wildman–Crippen LogP) is 3.08. The molecule has 2 aliphatic carbocycles. The van der Waals surface area contributed by atoms with Gasteiger partial charge in [0.1, 0.15) is 5.82 Å². The third-order valence-corrected chi connectivity index (χ3v) is 4.74. The monoisotopic (exact) mass is 259 g/mol. The zero-order valence-corrected chi connectivity index (χ0v) is 12.2. The number of nitrogens with one attached hydrogen (secondary N) is 1. The molecule has 0 aromatic carbocycles. The fourth-order valence-corrected chi connectivity index (χ4v) is 3.41. The maximum absolute atomic E-state index is 4.96. The molecule has 104 valence electrons. The van der Waals surface area contributed by atoms with Crippen molar-refractivity contribution in [2.75, 3.05) is 13.6 Å². The fourth-order valence-electron chi connectivity index (χ4n) is 3.41. The van der Waals surface area contributed by atoms with E-state index >= 15 is 0 Å². The van der Waals surface area contributed by atoms with Crippen molar-refractivity contribution < 1.29 is 0 Å². The predicted molar refractivity (Wildman–Crippen MR) is 77.4 cm³/mol. The van der Waals surface area contributed by atoms with Crippen molar-refractivity contribution in [3.63, 3.8) is 0 Å².